The number of alkyl halides is 3. The Morgan fingerprint density at radius 3 is 2.59 bits per heavy atom. The number of nitro groups is 1. The second-order valence-electron chi connectivity index (χ2n) is 7.80. The van der Waals surface area contributed by atoms with E-state index in [1.54, 1.807) is 6.92 Å². The van der Waals surface area contributed by atoms with Gasteiger partial charge in [-0.25, -0.2) is 4.98 Å². The zero-order valence-corrected chi connectivity index (χ0v) is 18.4. The highest BCUT2D eigenvalue weighted by Gasteiger charge is 2.34. The molecule has 0 atom stereocenters. The molecular formula is C21H24F3N5O5. The number of nitrogens with zero attached hydrogens (tertiary/aromatic N) is 4. The lowest BCUT2D eigenvalue weighted by Crippen LogP contribution is -2.39. The largest absolute Gasteiger partial charge is 0.406 e. The number of aromatic nitrogens is 2. The second kappa shape index (κ2) is 10.6. The van der Waals surface area contributed by atoms with Crippen molar-refractivity contribution in [3.05, 3.63) is 61.6 Å². The molecule has 0 unspecified atom stereocenters. The van der Waals surface area contributed by atoms with E-state index in [9.17, 15) is 32.9 Å². The van der Waals surface area contributed by atoms with E-state index in [4.69, 9.17) is 4.74 Å². The van der Waals surface area contributed by atoms with Crippen molar-refractivity contribution in [3.8, 4) is 0 Å². The summed E-state index contributed by atoms with van der Waals surface area (Å²) in [5.74, 6) is -0.512. The van der Waals surface area contributed by atoms with Crippen LogP contribution in [0, 0.1) is 17.0 Å². The molecule has 2 aromatic rings. The lowest BCUT2D eigenvalue weighted by Gasteiger charge is -2.27. The maximum Gasteiger partial charge on any atom is 0.406 e. The van der Waals surface area contributed by atoms with E-state index in [-0.39, 0.29) is 29.7 Å². The number of aromatic amines is 1. The van der Waals surface area contributed by atoms with Gasteiger partial charge in [-0.1, -0.05) is 18.2 Å². The Labute approximate surface area is 192 Å². The number of morpholine rings is 1. The molecule has 2 heterocycles. The Hall–Kier alpha value is -3.48. The Bertz CT molecular complexity index is 1100. The van der Waals surface area contributed by atoms with E-state index in [0.717, 1.165) is 6.07 Å². The van der Waals surface area contributed by atoms with Crippen LogP contribution < -0.4 is 10.5 Å². The van der Waals surface area contributed by atoms with Crippen LogP contribution in [0.15, 0.2) is 29.1 Å². The summed E-state index contributed by atoms with van der Waals surface area (Å²) in [6.07, 6.45) is -5.21. The Morgan fingerprint density at radius 2 is 1.97 bits per heavy atom. The van der Waals surface area contributed by atoms with Gasteiger partial charge in [0.2, 0.25) is 11.9 Å². The van der Waals surface area contributed by atoms with E-state index in [1.807, 2.05) is 4.90 Å². The number of carbonyl (C=O) groups excluding carboxylic acids is 1. The average Bonchev–Trinajstić information content (AvgIpc) is 2.77. The molecule has 1 aliphatic rings. The number of carbonyl (C=O) groups is 1. The van der Waals surface area contributed by atoms with Crippen molar-refractivity contribution >= 4 is 17.5 Å². The van der Waals surface area contributed by atoms with Gasteiger partial charge in [0.05, 0.1) is 24.7 Å². The maximum atomic E-state index is 13.1. The fraction of sp³-hybridized carbons (Fsp3) is 0.476. The lowest BCUT2D eigenvalue weighted by molar-refractivity contribution is -0.385. The van der Waals surface area contributed by atoms with Gasteiger partial charge in [0.25, 0.3) is 11.2 Å². The molecule has 13 heteroatoms. The van der Waals surface area contributed by atoms with Crippen LogP contribution in [-0.2, 0) is 22.5 Å². The van der Waals surface area contributed by atoms with Crippen LogP contribution in [0.3, 0.4) is 0 Å². The minimum Gasteiger partial charge on any atom is -0.378 e. The summed E-state index contributed by atoms with van der Waals surface area (Å²) in [7, 11) is 0. The summed E-state index contributed by atoms with van der Waals surface area (Å²) in [5, 5.41) is 11.2. The van der Waals surface area contributed by atoms with Crippen LogP contribution in [0.2, 0.25) is 0 Å². The van der Waals surface area contributed by atoms with Crippen LogP contribution in [0.1, 0.15) is 23.2 Å². The molecule has 184 valence electrons. The number of nitro benzene ring substituents is 1. The smallest absolute Gasteiger partial charge is 0.378 e. The predicted molar refractivity (Wildman–Crippen MR) is 116 cm³/mol. The molecule has 1 aromatic carbocycles. The minimum absolute atomic E-state index is 0.0179. The van der Waals surface area contributed by atoms with Gasteiger partial charge in [-0.15, -0.1) is 0 Å². The number of anilines is 1. The first-order valence-corrected chi connectivity index (χ1v) is 10.5. The fourth-order valence-corrected chi connectivity index (χ4v) is 3.68. The number of H-pyrrole nitrogens is 1. The molecule has 34 heavy (non-hydrogen) atoms. The van der Waals surface area contributed by atoms with Crippen molar-refractivity contribution in [2.45, 2.75) is 32.5 Å². The number of hydrogen-bond donors (Lipinski definition) is 1. The Morgan fingerprint density at radius 1 is 1.29 bits per heavy atom. The Balaban J connectivity index is 1.76. The molecule has 10 nitrogen and oxygen atoms in total. The zero-order chi connectivity index (χ0) is 24.9. The highest BCUT2D eigenvalue weighted by Crippen LogP contribution is 2.24. The second-order valence-corrected chi connectivity index (χ2v) is 7.80. The van der Waals surface area contributed by atoms with E-state index >= 15 is 0 Å². The molecule has 0 radical (unpaired) electrons. The van der Waals surface area contributed by atoms with Crippen molar-refractivity contribution in [3.63, 3.8) is 0 Å². The SMILES string of the molecule is Cc1nc(N2CCOCC2)[nH]c(=O)c1CCC(=O)N(Cc1ccccc1[N+](=O)[O-])CC(F)(F)F. The van der Waals surface area contributed by atoms with Gasteiger partial charge in [0, 0.05) is 42.4 Å². The van der Waals surface area contributed by atoms with Crippen molar-refractivity contribution in [2.24, 2.45) is 0 Å². The van der Waals surface area contributed by atoms with Gasteiger partial charge in [-0.2, -0.15) is 13.2 Å². The molecule has 1 fully saturated rings. The summed E-state index contributed by atoms with van der Waals surface area (Å²) < 4.78 is 44.7. The molecule has 0 saturated carbocycles. The third kappa shape index (κ3) is 6.53. The first kappa shape index (κ1) is 25.1. The van der Waals surface area contributed by atoms with Gasteiger partial charge >= 0.3 is 6.18 Å². The van der Waals surface area contributed by atoms with Crippen LogP contribution in [-0.4, -0.2) is 64.7 Å². The number of halogens is 3. The maximum absolute atomic E-state index is 13.1. The monoisotopic (exact) mass is 483 g/mol. The normalized spacial score (nSPS) is 14.2. The van der Waals surface area contributed by atoms with Crippen molar-refractivity contribution in [2.75, 3.05) is 37.7 Å². The standard InChI is InChI=1S/C21H24F3N5O5/c1-14-16(19(31)26-20(25-14)27-8-10-34-11-9-27)6-7-18(30)28(13-21(22,23)24)12-15-4-2-3-5-17(15)29(32)33/h2-5H,6-13H2,1H3,(H,25,26,31). The van der Waals surface area contributed by atoms with Gasteiger partial charge in [0.15, 0.2) is 0 Å². The molecule has 3 rings (SSSR count). The van der Waals surface area contributed by atoms with Gasteiger partial charge < -0.3 is 14.5 Å². The summed E-state index contributed by atoms with van der Waals surface area (Å²) in [6.45, 7) is 1.54. The molecule has 0 aliphatic carbocycles. The topological polar surface area (TPSA) is 122 Å². The molecule has 0 spiro atoms. The molecule has 1 saturated heterocycles. The molecule has 1 N–H and O–H groups in total. The molecule has 0 bridgehead atoms. The van der Waals surface area contributed by atoms with Crippen LogP contribution in [0.5, 0.6) is 0 Å². The predicted octanol–water partition coefficient (Wildman–Crippen LogP) is 2.35. The van der Waals surface area contributed by atoms with Gasteiger partial charge in [0.1, 0.15) is 6.54 Å². The number of nitrogens with one attached hydrogen (secondary N) is 1. The Kier molecular flexibility index (Phi) is 7.87. The highest BCUT2D eigenvalue weighted by molar-refractivity contribution is 5.76. The van der Waals surface area contributed by atoms with Crippen LogP contribution in [0.25, 0.3) is 0 Å². The number of ether oxygens (including phenoxy) is 1. The third-order valence-electron chi connectivity index (χ3n) is 5.38. The quantitative estimate of drug-likeness (QED) is 0.452. The van der Waals surface area contributed by atoms with E-state index in [0.29, 0.717) is 42.8 Å². The minimum atomic E-state index is -4.70. The molecular weight excluding hydrogens is 459 g/mol. The van der Waals surface area contributed by atoms with Crippen molar-refractivity contribution in [1.29, 1.82) is 0 Å². The molecule has 1 amide bonds. The zero-order valence-electron chi connectivity index (χ0n) is 18.4. The highest BCUT2D eigenvalue weighted by atomic mass is 19.4. The summed E-state index contributed by atoms with van der Waals surface area (Å²) >= 11 is 0. The first-order valence-electron chi connectivity index (χ1n) is 10.5. The van der Waals surface area contributed by atoms with Gasteiger partial charge in [-0.05, 0) is 13.3 Å². The number of amides is 1. The number of aryl methyl sites for hydroxylation is 1. The average molecular weight is 483 g/mol. The van der Waals surface area contributed by atoms with E-state index in [1.165, 1.54) is 18.2 Å². The van der Waals surface area contributed by atoms with Crippen LogP contribution in [0.4, 0.5) is 24.8 Å². The van der Waals surface area contributed by atoms with Gasteiger partial charge in [-0.3, -0.25) is 24.7 Å². The summed E-state index contributed by atoms with van der Waals surface area (Å²) in [5.41, 5.74) is -0.293. The van der Waals surface area contributed by atoms with Crippen molar-refractivity contribution in [1.82, 2.24) is 14.9 Å². The summed E-state index contributed by atoms with van der Waals surface area (Å²) in [6, 6.07) is 5.30. The number of hydrogen-bond acceptors (Lipinski definition) is 7. The van der Waals surface area contributed by atoms with Crippen molar-refractivity contribution < 1.29 is 27.6 Å². The van der Waals surface area contributed by atoms with E-state index in [2.05, 4.69) is 9.97 Å². The van der Waals surface area contributed by atoms with Crippen LogP contribution >= 0.6 is 0 Å². The van der Waals surface area contributed by atoms with E-state index < -0.39 is 35.7 Å². The third-order valence-corrected chi connectivity index (χ3v) is 5.38. The fourth-order valence-electron chi connectivity index (χ4n) is 3.68. The first-order chi connectivity index (χ1) is 16.0. The molecule has 1 aliphatic heterocycles. The number of para-hydroxylation sites is 1. The number of rotatable bonds is 8. The molecule has 1 aromatic heterocycles. The number of benzene rings is 1. The summed E-state index contributed by atoms with van der Waals surface area (Å²) in [4.78, 5) is 45.2. The lowest BCUT2D eigenvalue weighted by atomic mass is 10.1.